The first kappa shape index (κ1) is 11.3. The molecule has 0 bridgehead atoms. The van der Waals surface area contributed by atoms with Crippen LogP contribution in [0.2, 0.25) is 0 Å². The molecule has 0 rings (SSSR count). The lowest BCUT2D eigenvalue weighted by Crippen LogP contribution is -1.69. The first-order valence-electron chi connectivity index (χ1n) is 3.64. The maximum Gasteiger partial charge on any atom is 0.152 e. The minimum atomic E-state index is 0.619. The highest BCUT2D eigenvalue weighted by atomic mass is 14.2. The summed E-state index contributed by atoms with van der Waals surface area (Å²) in [5.41, 5.74) is 0.619. The number of hydrogen-bond donors (Lipinski definition) is 0. The van der Waals surface area contributed by atoms with Crippen LogP contribution in [0.4, 0.5) is 0 Å². The van der Waals surface area contributed by atoms with Gasteiger partial charge in [-0.15, -0.1) is 0 Å². The molecule has 0 fully saturated rings. The molecule has 0 atom stereocenters. The summed E-state index contributed by atoms with van der Waals surface area (Å²) in [5, 5.41) is 16.3. The molecule has 2 heteroatoms. The van der Waals surface area contributed by atoms with E-state index in [0.29, 0.717) is 5.57 Å². The fourth-order valence-corrected chi connectivity index (χ4v) is 0.571. The Morgan fingerprint density at radius 3 is 2.43 bits per heavy atom. The monoisotopic (exact) mass is 178 g/mol. The Kier molecular flexibility index (Phi) is 6.81. The van der Waals surface area contributed by atoms with E-state index in [1.807, 2.05) is 0 Å². The molecule has 0 unspecified atom stereocenters. The minimum Gasteiger partial charge on any atom is -0.183 e. The van der Waals surface area contributed by atoms with E-state index in [4.69, 9.17) is 10.5 Å². The highest BCUT2D eigenvalue weighted by molar-refractivity contribution is 5.44. The van der Waals surface area contributed by atoms with E-state index in [0.717, 1.165) is 0 Å². The first-order chi connectivity index (χ1) is 6.85. The summed E-state index contributed by atoms with van der Waals surface area (Å²) in [7, 11) is 0. The van der Waals surface area contributed by atoms with Gasteiger partial charge in [0, 0.05) is 17.4 Å². The van der Waals surface area contributed by atoms with Crippen molar-refractivity contribution in [3.63, 3.8) is 0 Å². The molecule has 0 spiro atoms. The molecule has 0 saturated carbocycles. The van der Waals surface area contributed by atoms with Crippen molar-refractivity contribution < 1.29 is 0 Å². The Morgan fingerprint density at radius 2 is 1.86 bits per heavy atom. The van der Waals surface area contributed by atoms with Crippen molar-refractivity contribution in [3.05, 3.63) is 36.5 Å². The number of hydrogen-bond acceptors (Lipinski definition) is 2. The highest BCUT2D eigenvalue weighted by Crippen LogP contribution is 1.94. The van der Waals surface area contributed by atoms with Crippen LogP contribution in [0.1, 0.15) is 0 Å². The summed E-state index contributed by atoms with van der Waals surface area (Å²) in [5.74, 6) is 9.52. The maximum absolute atomic E-state index is 8.22. The zero-order chi connectivity index (χ0) is 10.6. The van der Waals surface area contributed by atoms with Crippen LogP contribution in [0.15, 0.2) is 36.5 Å². The number of allylic oxidation sites excluding steroid dienone is 5. The lowest BCUT2D eigenvalue weighted by Gasteiger charge is -1.83. The van der Waals surface area contributed by atoms with Crippen molar-refractivity contribution in [2.45, 2.75) is 0 Å². The summed E-state index contributed by atoms with van der Waals surface area (Å²) < 4.78 is 0. The standard InChI is InChI=1S/C12H6N2/c1-2-7-12(9-6-11-14)8-4-3-5-10-13/h2,4,7-8H,1H2/b8-4+,12-7+. The van der Waals surface area contributed by atoms with E-state index >= 15 is 0 Å². The lowest BCUT2D eigenvalue weighted by atomic mass is 10.2. The molecule has 2 nitrogen and oxygen atoms in total. The fourth-order valence-electron chi connectivity index (χ4n) is 0.571. The molecule has 14 heavy (non-hydrogen) atoms. The average molecular weight is 178 g/mol. The van der Waals surface area contributed by atoms with E-state index in [-0.39, 0.29) is 0 Å². The molecule has 0 aliphatic rings. The molecular weight excluding hydrogens is 172 g/mol. The minimum absolute atomic E-state index is 0.619. The third-order valence-electron chi connectivity index (χ3n) is 1.03. The second-order valence-corrected chi connectivity index (χ2v) is 1.93. The van der Waals surface area contributed by atoms with Crippen LogP contribution in [0, 0.1) is 46.3 Å². The zero-order valence-electron chi connectivity index (χ0n) is 7.41. The number of nitriles is 2. The van der Waals surface area contributed by atoms with Gasteiger partial charge in [0.15, 0.2) is 12.1 Å². The third kappa shape index (κ3) is 6.06. The smallest absolute Gasteiger partial charge is 0.152 e. The molecule has 64 valence electrons. The van der Waals surface area contributed by atoms with E-state index in [1.54, 1.807) is 30.4 Å². The second-order valence-electron chi connectivity index (χ2n) is 1.93. The van der Waals surface area contributed by atoms with Gasteiger partial charge in [0.2, 0.25) is 0 Å². The van der Waals surface area contributed by atoms with Crippen LogP contribution in [0.3, 0.4) is 0 Å². The average Bonchev–Trinajstić information content (AvgIpc) is 2.20. The Morgan fingerprint density at radius 1 is 1.14 bits per heavy atom. The molecule has 0 aromatic carbocycles. The molecule has 0 amide bonds. The Hall–Kier alpha value is -2.68. The van der Waals surface area contributed by atoms with Gasteiger partial charge in [0.25, 0.3) is 0 Å². The van der Waals surface area contributed by atoms with E-state index in [2.05, 4.69) is 30.3 Å². The van der Waals surface area contributed by atoms with E-state index in [9.17, 15) is 0 Å². The molecular formula is C12H6N2. The second kappa shape index (κ2) is 8.42. The van der Waals surface area contributed by atoms with Crippen molar-refractivity contribution in [1.29, 1.82) is 10.5 Å². The number of rotatable bonds is 2. The van der Waals surface area contributed by atoms with Gasteiger partial charge < -0.3 is 0 Å². The molecule has 0 aromatic heterocycles. The zero-order valence-corrected chi connectivity index (χ0v) is 7.41. The van der Waals surface area contributed by atoms with Crippen molar-refractivity contribution in [2.75, 3.05) is 0 Å². The molecule has 0 aliphatic heterocycles. The SMILES string of the molecule is C=C/C=C(C#CC#N)\C=C\C#CC#N. The van der Waals surface area contributed by atoms with Crippen LogP contribution in [-0.2, 0) is 0 Å². The Bertz CT molecular complexity index is 457. The van der Waals surface area contributed by atoms with E-state index in [1.165, 1.54) is 6.08 Å². The van der Waals surface area contributed by atoms with Crippen molar-refractivity contribution in [3.8, 4) is 35.8 Å². The van der Waals surface area contributed by atoms with Crippen LogP contribution in [-0.4, -0.2) is 0 Å². The van der Waals surface area contributed by atoms with Gasteiger partial charge in [-0.3, -0.25) is 0 Å². The van der Waals surface area contributed by atoms with Crippen molar-refractivity contribution >= 4 is 0 Å². The molecule has 0 heterocycles. The summed E-state index contributed by atoms with van der Waals surface area (Å²) >= 11 is 0. The molecule has 0 aliphatic carbocycles. The predicted molar refractivity (Wildman–Crippen MR) is 54.2 cm³/mol. The van der Waals surface area contributed by atoms with Crippen LogP contribution >= 0.6 is 0 Å². The fraction of sp³-hybridized carbons (Fsp3) is 0. The van der Waals surface area contributed by atoms with Gasteiger partial charge in [0.05, 0.1) is 0 Å². The third-order valence-corrected chi connectivity index (χ3v) is 1.03. The summed E-state index contributed by atoms with van der Waals surface area (Å²) in [6, 6.07) is 3.38. The normalized spacial score (nSPS) is 8.57. The topological polar surface area (TPSA) is 47.6 Å². The summed E-state index contributed by atoms with van der Waals surface area (Å²) in [6.45, 7) is 3.50. The van der Waals surface area contributed by atoms with Crippen molar-refractivity contribution in [1.82, 2.24) is 0 Å². The van der Waals surface area contributed by atoms with Gasteiger partial charge in [-0.05, 0) is 18.2 Å². The van der Waals surface area contributed by atoms with Crippen LogP contribution in [0.5, 0.6) is 0 Å². The summed E-state index contributed by atoms with van der Waals surface area (Å²) in [4.78, 5) is 0. The van der Waals surface area contributed by atoms with E-state index < -0.39 is 0 Å². The van der Waals surface area contributed by atoms with Gasteiger partial charge in [-0.25, -0.2) is 0 Å². The number of nitrogens with zero attached hydrogens (tertiary/aromatic N) is 2. The van der Waals surface area contributed by atoms with Gasteiger partial charge in [0.1, 0.15) is 0 Å². The molecule has 0 N–H and O–H groups in total. The molecule has 0 aromatic rings. The predicted octanol–water partition coefficient (Wildman–Crippen LogP) is 1.71. The largest absolute Gasteiger partial charge is 0.183 e. The molecule has 0 saturated heterocycles. The quantitative estimate of drug-likeness (QED) is 0.477. The Labute approximate surface area is 83.5 Å². The van der Waals surface area contributed by atoms with Gasteiger partial charge in [-0.2, -0.15) is 10.5 Å². The van der Waals surface area contributed by atoms with Gasteiger partial charge in [-0.1, -0.05) is 24.5 Å². The first-order valence-corrected chi connectivity index (χ1v) is 3.64. The maximum atomic E-state index is 8.22. The van der Waals surface area contributed by atoms with Crippen molar-refractivity contribution in [2.24, 2.45) is 0 Å². The molecule has 0 radical (unpaired) electrons. The van der Waals surface area contributed by atoms with Crippen LogP contribution < -0.4 is 0 Å². The van der Waals surface area contributed by atoms with Crippen LogP contribution in [0.25, 0.3) is 0 Å². The Balaban J connectivity index is 4.66. The lowest BCUT2D eigenvalue weighted by molar-refractivity contribution is 1.55. The highest BCUT2D eigenvalue weighted by Gasteiger charge is 1.80. The summed E-state index contributed by atoms with van der Waals surface area (Å²) in [6.07, 6.45) is 6.30. The van der Waals surface area contributed by atoms with Gasteiger partial charge >= 0.3 is 0 Å².